The van der Waals surface area contributed by atoms with E-state index in [2.05, 4.69) is 9.72 Å². The predicted octanol–water partition coefficient (Wildman–Crippen LogP) is 2.36. The summed E-state index contributed by atoms with van der Waals surface area (Å²) in [5.74, 6) is -1.46. The van der Waals surface area contributed by atoms with Gasteiger partial charge in [0.1, 0.15) is 10.8 Å². The Morgan fingerprint density at radius 1 is 1.55 bits per heavy atom. The number of aromatic amines is 1. The minimum Gasteiger partial charge on any atom is -0.465 e. The van der Waals surface area contributed by atoms with Crippen LogP contribution in [0.1, 0.15) is 22.5 Å². The number of carbonyl (C=O) groups is 2. The number of aromatic nitrogens is 1. The number of nitrogens with one attached hydrogen (secondary N) is 1. The minimum absolute atomic E-state index is 0.0480. The third-order valence-corrected chi connectivity index (χ3v) is 3.35. The van der Waals surface area contributed by atoms with Crippen LogP contribution in [-0.4, -0.2) is 47.3 Å². The Labute approximate surface area is 118 Å². The van der Waals surface area contributed by atoms with Gasteiger partial charge in [0, 0.05) is 18.7 Å². The lowest BCUT2D eigenvalue weighted by molar-refractivity contribution is 0.0594. The zero-order valence-electron chi connectivity index (χ0n) is 10.6. The average molecular weight is 303 g/mol. The molecule has 0 aromatic carbocycles. The lowest BCUT2D eigenvalue weighted by atomic mass is 9.99. The fourth-order valence-corrected chi connectivity index (χ4v) is 2.26. The van der Waals surface area contributed by atoms with Crippen LogP contribution < -0.4 is 0 Å². The summed E-state index contributed by atoms with van der Waals surface area (Å²) in [7, 11) is 1.18. The molecule has 2 heterocycles. The Morgan fingerprint density at radius 3 is 2.75 bits per heavy atom. The number of rotatable bonds is 2. The number of hydrogen-bond donors (Lipinski definition) is 2. The molecule has 1 aliphatic heterocycles. The molecule has 0 saturated heterocycles. The number of carboxylic acid groups (broad SMARTS) is 1. The standard InChI is InChI=1S/C12H12ClFN2O4/c1-20-11(17)9-7(8(14)10(13)15-9)6-2-4-16(5-3-6)12(18)19/h2,15H,3-5H2,1H3,(H,18,19). The molecule has 0 saturated carbocycles. The van der Waals surface area contributed by atoms with Gasteiger partial charge >= 0.3 is 12.1 Å². The van der Waals surface area contributed by atoms with Crippen molar-refractivity contribution in [2.45, 2.75) is 6.42 Å². The van der Waals surface area contributed by atoms with Crippen LogP contribution in [0.5, 0.6) is 0 Å². The van der Waals surface area contributed by atoms with Crippen LogP contribution in [0.15, 0.2) is 6.08 Å². The zero-order chi connectivity index (χ0) is 14.9. The van der Waals surface area contributed by atoms with Crippen molar-refractivity contribution in [1.82, 2.24) is 9.88 Å². The molecular formula is C12H12ClFN2O4. The van der Waals surface area contributed by atoms with Crippen LogP contribution in [0.2, 0.25) is 5.15 Å². The number of ether oxygens (including phenoxy) is 1. The van der Waals surface area contributed by atoms with Gasteiger partial charge in [0.05, 0.1) is 7.11 Å². The Hall–Kier alpha value is -2.02. The monoisotopic (exact) mass is 302 g/mol. The van der Waals surface area contributed by atoms with Gasteiger partial charge in [-0.2, -0.15) is 0 Å². The van der Waals surface area contributed by atoms with E-state index in [1.807, 2.05) is 0 Å². The molecule has 0 atom stereocenters. The van der Waals surface area contributed by atoms with E-state index in [1.165, 1.54) is 12.0 Å². The van der Waals surface area contributed by atoms with Gasteiger partial charge in [-0.25, -0.2) is 14.0 Å². The van der Waals surface area contributed by atoms with Crippen LogP contribution in [0.4, 0.5) is 9.18 Å². The van der Waals surface area contributed by atoms with Crippen molar-refractivity contribution in [2.75, 3.05) is 20.2 Å². The van der Waals surface area contributed by atoms with Crippen LogP contribution in [0.3, 0.4) is 0 Å². The van der Waals surface area contributed by atoms with Crippen molar-refractivity contribution in [2.24, 2.45) is 0 Å². The molecule has 1 aromatic heterocycles. The third kappa shape index (κ3) is 2.49. The summed E-state index contributed by atoms with van der Waals surface area (Å²) in [6.45, 7) is 0.359. The van der Waals surface area contributed by atoms with E-state index in [9.17, 15) is 14.0 Å². The molecule has 108 valence electrons. The first-order valence-electron chi connectivity index (χ1n) is 5.78. The maximum Gasteiger partial charge on any atom is 0.407 e. The molecule has 6 nitrogen and oxygen atoms in total. The van der Waals surface area contributed by atoms with Crippen molar-refractivity contribution in [3.8, 4) is 0 Å². The first kappa shape index (κ1) is 14.4. The van der Waals surface area contributed by atoms with Gasteiger partial charge in [-0.1, -0.05) is 17.7 Å². The fraction of sp³-hybridized carbons (Fsp3) is 0.333. The number of methoxy groups -OCH3 is 1. The largest absolute Gasteiger partial charge is 0.465 e. The predicted molar refractivity (Wildman–Crippen MR) is 69.3 cm³/mol. The molecule has 0 fully saturated rings. The minimum atomic E-state index is -1.04. The molecule has 20 heavy (non-hydrogen) atoms. The van der Waals surface area contributed by atoms with Crippen molar-refractivity contribution < 1.29 is 23.8 Å². The fourth-order valence-electron chi connectivity index (χ4n) is 2.07. The number of halogens is 2. The van der Waals surface area contributed by atoms with E-state index in [1.54, 1.807) is 6.08 Å². The summed E-state index contributed by atoms with van der Waals surface area (Å²) in [6.07, 6.45) is 0.815. The molecule has 0 spiro atoms. The Kier molecular flexibility index (Phi) is 3.99. The first-order valence-corrected chi connectivity index (χ1v) is 6.16. The van der Waals surface area contributed by atoms with Gasteiger partial charge in [0.25, 0.3) is 0 Å². The number of carbonyl (C=O) groups excluding carboxylic acids is 1. The van der Waals surface area contributed by atoms with E-state index in [-0.39, 0.29) is 29.5 Å². The molecule has 8 heteroatoms. The number of amides is 1. The maximum atomic E-state index is 14.0. The van der Waals surface area contributed by atoms with Gasteiger partial charge in [-0.3, -0.25) is 0 Å². The molecule has 0 aliphatic carbocycles. The zero-order valence-corrected chi connectivity index (χ0v) is 11.3. The highest BCUT2D eigenvalue weighted by molar-refractivity contribution is 6.30. The van der Waals surface area contributed by atoms with Crippen LogP contribution in [0.25, 0.3) is 5.57 Å². The first-order chi connectivity index (χ1) is 9.45. The smallest absolute Gasteiger partial charge is 0.407 e. The molecule has 0 unspecified atom stereocenters. The molecule has 2 N–H and O–H groups in total. The number of H-pyrrole nitrogens is 1. The Balaban J connectivity index is 2.38. The van der Waals surface area contributed by atoms with Gasteiger partial charge in [0.15, 0.2) is 5.82 Å². The van der Waals surface area contributed by atoms with Crippen LogP contribution in [0, 0.1) is 5.82 Å². The second kappa shape index (κ2) is 5.54. The summed E-state index contributed by atoms with van der Waals surface area (Å²) < 4.78 is 18.6. The summed E-state index contributed by atoms with van der Waals surface area (Å²) in [4.78, 5) is 26.0. The second-order valence-electron chi connectivity index (χ2n) is 4.20. The molecule has 1 aromatic rings. The van der Waals surface area contributed by atoms with Crippen LogP contribution in [-0.2, 0) is 4.74 Å². The number of esters is 1. The average Bonchev–Trinajstić information content (AvgIpc) is 2.74. The Morgan fingerprint density at radius 2 is 2.25 bits per heavy atom. The summed E-state index contributed by atoms with van der Waals surface area (Å²) in [5.41, 5.74) is 0.514. The topological polar surface area (TPSA) is 82.6 Å². The maximum absolute atomic E-state index is 14.0. The highest BCUT2D eigenvalue weighted by Gasteiger charge is 2.27. The number of hydrogen-bond acceptors (Lipinski definition) is 3. The lowest BCUT2D eigenvalue weighted by Gasteiger charge is -2.23. The van der Waals surface area contributed by atoms with Gasteiger partial charge in [0.2, 0.25) is 0 Å². The van der Waals surface area contributed by atoms with Crippen molar-refractivity contribution in [3.05, 3.63) is 28.3 Å². The van der Waals surface area contributed by atoms with Crippen molar-refractivity contribution in [3.63, 3.8) is 0 Å². The van der Waals surface area contributed by atoms with Crippen LogP contribution >= 0.6 is 11.6 Å². The van der Waals surface area contributed by atoms with Crippen molar-refractivity contribution >= 4 is 29.2 Å². The third-order valence-electron chi connectivity index (χ3n) is 3.09. The molecule has 1 amide bonds. The van der Waals surface area contributed by atoms with Gasteiger partial charge in [-0.05, 0) is 12.0 Å². The quantitative estimate of drug-likeness (QED) is 0.822. The molecule has 1 aliphatic rings. The second-order valence-corrected chi connectivity index (χ2v) is 4.58. The highest BCUT2D eigenvalue weighted by atomic mass is 35.5. The van der Waals surface area contributed by atoms with Crippen molar-refractivity contribution in [1.29, 1.82) is 0 Å². The summed E-state index contributed by atoms with van der Waals surface area (Å²) in [5, 5.41) is 8.58. The summed E-state index contributed by atoms with van der Waals surface area (Å²) in [6, 6.07) is 0. The van der Waals surface area contributed by atoms with E-state index >= 15 is 0 Å². The van der Waals surface area contributed by atoms with E-state index in [0.717, 1.165) is 0 Å². The lowest BCUT2D eigenvalue weighted by Crippen LogP contribution is -2.33. The molecule has 2 rings (SSSR count). The number of nitrogens with zero attached hydrogens (tertiary/aromatic N) is 1. The van der Waals surface area contributed by atoms with E-state index < -0.39 is 17.9 Å². The molecule has 0 radical (unpaired) electrons. The Bertz CT molecular complexity index is 597. The normalized spacial score (nSPS) is 14.9. The SMILES string of the molecule is COC(=O)c1[nH]c(Cl)c(F)c1C1=CCN(C(=O)O)CC1. The molecule has 0 bridgehead atoms. The van der Waals surface area contributed by atoms with E-state index in [0.29, 0.717) is 12.0 Å². The van der Waals surface area contributed by atoms with Gasteiger partial charge < -0.3 is 19.7 Å². The molecular weight excluding hydrogens is 291 g/mol. The van der Waals surface area contributed by atoms with E-state index in [4.69, 9.17) is 16.7 Å². The highest BCUT2D eigenvalue weighted by Crippen LogP contribution is 2.32. The summed E-state index contributed by atoms with van der Waals surface area (Å²) >= 11 is 5.66. The van der Waals surface area contributed by atoms with Gasteiger partial charge in [-0.15, -0.1) is 0 Å².